The highest BCUT2D eigenvalue weighted by Crippen LogP contribution is 2.21. The van der Waals surface area contributed by atoms with Crippen LogP contribution in [0.5, 0.6) is 5.88 Å². The van der Waals surface area contributed by atoms with Gasteiger partial charge in [0.15, 0.2) is 0 Å². The van der Waals surface area contributed by atoms with E-state index in [9.17, 15) is 5.11 Å². The van der Waals surface area contributed by atoms with Crippen LogP contribution in [-0.2, 0) is 6.42 Å². The van der Waals surface area contributed by atoms with E-state index in [1.807, 2.05) is 45.9 Å². The molecule has 16 heavy (non-hydrogen) atoms. The predicted octanol–water partition coefficient (Wildman–Crippen LogP) is 2.43. The summed E-state index contributed by atoms with van der Waals surface area (Å²) in [6.07, 6.45) is 0.882. The van der Waals surface area contributed by atoms with Gasteiger partial charge in [0.1, 0.15) is 0 Å². The molecule has 1 aromatic rings. The molecule has 0 amide bonds. The van der Waals surface area contributed by atoms with Crippen molar-refractivity contribution in [2.75, 3.05) is 6.61 Å². The van der Waals surface area contributed by atoms with Crippen LogP contribution >= 0.6 is 0 Å². The molecule has 1 N–H and O–H groups in total. The van der Waals surface area contributed by atoms with Gasteiger partial charge in [-0.25, -0.2) is 4.98 Å². The van der Waals surface area contributed by atoms with E-state index in [1.165, 1.54) is 0 Å². The monoisotopic (exact) mass is 223 g/mol. The third-order valence-electron chi connectivity index (χ3n) is 2.23. The Morgan fingerprint density at radius 1 is 1.38 bits per heavy atom. The predicted molar refractivity (Wildman–Crippen MR) is 64.6 cm³/mol. The maximum atomic E-state index is 9.21. The lowest BCUT2D eigenvalue weighted by Crippen LogP contribution is -2.20. The van der Waals surface area contributed by atoms with Crippen molar-refractivity contribution in [3.63, 3.8) is 0 Å². The molecular weight excluding hydrogens is 202 g/mol. The third-order valence-corrected chi connectivity index (χ3v) is 2.23. The Morgan fingerprint density at radius 3 is 2.62 bits per heavy atom. The van der Waals surface area contributed by atoms with Gasteiger partial charge in [-0.05, 0) is 31.7 Å². The van der Waals surface area contributed by atoms with E-state index in [-0.39, 0.29) is 18.1 Å². The van der Waals surface area contributed by atoms with Crippen molar-refractivity contribution in [1.29, 1.82) is 0 Å². The van der Waals surface area contributed by atoms with Crippen molar-refractivity contribution in [2.45, 2.75) is 40.2 Å². The average Bonchev–Trinajstić information content (AvgIpc) is 2.16. The normalized spacial score (nSPS) is 11.9. The van der Waals surface area contributed by atoms with E-state index < -0.39 is 0 Å². The summed E-state index contributed by atoms with van der Waals surface area (Å²) >= 11 is 0. The second kappa shape index (κ2) is 5.30. The highest BCUT2D eigenvalue weighted by atomic mass is 16.5. The zero-order valence-corrected chi connectivity index (χ0v) is 10.5. The van der Waals surface area contributed by atoms with Crippen molar-refractivity contribution in [1.82, 2.24) is 4.98 Å². The van der Waals surface area contributed by atoms with E-state index in [4.69, 9.17) is 4.74 Å². The minimum absolute atomic E-state index is 0.133. The van der Waals surface area contributed by atoms with E-state index in [0.29, 0.717) is 5.88 Å². The Balaban J connectivity index is 2.74. The highest BCUT2D eigenvalue weighted by Gasteiger charge is 2.18. The maximum absolute atomic E-state index is 9.21. The van der Waals surface area contributed by atoms with E-state index in [0.717, 1.165) is 12.1 Å². The summed E-state index contributed by atoms with van der Waals surface area (Å²) in [4.78, 5) is 4.41. The number of rotatable bonds is 5. The molecule has 0 atom stereocenters. The first-order chi connectivity index (χ1) is 7.43. The molecule has 0 aliphatic carbocycles. The lowest BCUT2D eigenvalue weighted by molar-refractivity contribution is 0.158. The molecule has 1 aromatic heterocycles. The molecule has 1 rings (SSSR count). The summed E-state index contributed by atoms with van der Waals surface area (Å²) < 4.78 is 5.53. The molecule has 0 saturated carbocycles. The van der Waals surface area contributed by atoms with Crippen LogP contribution in [0.4, 0.5) is 0 Å². The van der Waals surface area contributed by atoms with Gasteiger partial charge in [0.2, 0.25) is 5.88 Å². The molecule has 0 bridgehead atoms. The number of pyridine rings is 1. The van der Waals surface area contributed by atoms with Gasteiger partial charge in [0.25, 0.3) is 0 Å². The van der Waals surface area contributed by atoms with E-state index in [1.54, 1.807) is 0 Å². The molecule has 0 spiro atoms. The second-order valence-corrected chi connectivity index (χ2v) is 5.13. The first-order valence-corrected chi connectivity index (χ1v) is 5.66. The fraction of sp³-hybridized carbons (Fsp3) is 0.615. The van der Waals surface area contributed by atoms with E-state index in [2.05, 4.69) is 4.98 Å². The number of ether oxygens (including phenoxy) is 1. The summed E-state index contributed by atoms with van der Waals surface area (Å²) in [7, 11) is 0. The highest BCUT2D eigenvalue weighted by molar-refractivity contribution is 5.16. The summed E-state index contributed by atoms with van der Waals surface area (Å²) in [5.41, 5.74) is 0.820. The van der Waals surface area contributed by atoms with Crippen molar-refractivity contribution < 1.29 is 9.84 Å². The van der Waals surface area contributed by atoms with Gasteiger partial charge in [-0.3, -0.25) is 0 Å². The Morgan fingerprint density at radius 2 is 2.06 bits per heavy atom. The molecule has 0 radical (unpaired) electrons. The summed E-state index contributed by atoms with van der Waals surface area (Å²) in [5.74, 6) is 0.654. The van der Waals surface area contributed by atoms with Gasteiger partial charge in [0.05, 0.1) is 6.10 Å². The topological polar surface area (TPSA) is 42.4 Å². The zero-order valence-electron chi connectivity index (χ0n) is 10.5. The molecule has 0 fully saturated rings. The van der Waals surface area contributed by atoms with Gasteiger partial charge < -0.3 is 9.84 Å². The largest absolute Gasteiger partial charge is 0.475 e. The van der Waals surface area contributed by atoms with Crippen LogP contribution < -0.4 is 4.74 Å². The van der Waals surface area contributed by atoms with Crippen molar-refractivity contribution in [3.8, 4) is 5.88 Å². The molecule has 0 aliphatic heterocycles. The van der Waals surface area contributed by atoms with Crippen molar-refractivity contribution >= 4 is 0 Å². The summed E-state index contributed by atoms with van der Waals surface area (Å²) in [6.45, 7) is 8.15. The number of aliphatic hydroxyl groups is 1. The Bertz CT molecular complexity index is 334. The lowest BCUT2D eigenvalue weighted by Gasteiger charge is -2.21. The number of aromatic nitrogens is 1. The lowest BCUT2D eigenvalue weighted by atomic mass is 9.89. The molecular formula is C13H21NO2. The minimum Gasteiger partial charge on any atom is -0.475 e. The number of hydrogen-bond donors (Lipinski definition) is 1. The summed E-state index contributed by atoms with van der Waals surface area (Å²) in [6, 6.07) is 5.76. The first-order valence-electron chi connectivity index (χ1n) is 5.66. The van der Waals surface area contributed by atoms with Crippen LogP contribution in [0.1, 0.15) is 33.4 Å². The van der Waals surface area contributed by atoms with Crippen LogP contribution in [0, 0.1) is 5.41 Å². The molecule has 90 valence electrons. The van der Waals surface area contributed by atoms with Gasteiger partial charge in [-0.1, -0.05) is 19.9 Å². The third kappa shape index (κ3) is 4.19. The molecule has 0 saturated heterocycles. The van der Waals surface area contributed by atoms with Crippen LogP contribution in [0.3, 0.4) is 0 Å². The SMILES string of the molecule is CC(C)Oc1cccc(CC(C)(C)CO)n1. The van der Waals surface area contributed by atoms with Crippen LogP contribution in [-0.4, -0.2) is 22.8 Å². The second-order valence-electron chi connectivity index (χ2n) is 5.13. The number of nitrogens with zero attached hydrogens (tertiary/aromatic N) is 1. The van der Waals surface area contributed by atoms with Crippen molar-refractivity contribution in [2.24, 2.45) is 5.41 Å². The van der Waals surface area contributed by atoms with Gasteiger partial charge in [0, 0.05) is 18.4 Å². The Kier molecular flexibility index (Phi) is 4.30. The smallest absolute Gasteiger partial charge is 0.213 e. The first kappa shape index (κ1) is 13.0. The van der Waals surface area contributed by atoms with Gasteiger partial charge >= 0.3 is 0 Å². The Hall–Kier alpha value is -1.09. The molecule has 0 aliphatic rings. The summed E-state index contributed by atoms with van der Waals surface area (Å²) in [5, 5.41) is 9.21. The molecule has 3 heteroatoms. The quantitative estimate of drug-likeness (QED) is 0.833. The fourth-order valence-corrected chi connectivity index (χ4v) is 1.41. The van der Waals surface area contributed by atoms with Gasteiger partial charge in [-0.15, -0.1) is 0 Å². The number of hydrogen-bond acceptors (Lipinski definition) is 3. The fourth-order valence-electron chi connectivity index (χ4n) is 1.41. The molecule has 1 heterocycles. The van der Waals surface area contributed by atoms with Gasteiger partial charge in [-0.2, -0.15) is 0 Å². The zero-order chi connectivity index (χ0) is 12.2. The van der Waals surface area contributed by atoms with Crippen LogP contribution in [0.2, 0.25) is 0 Å². The number of aliphatic hydroxyl groups excluding tert-OH is 1. The van der Waals surface area contributed by atoms with Crippen molar-refractivity contribution in [3.05, 3.63) is 23.9 Å². The maximum Gasteiger partial charge on any atom is 0.213 e. The molecule has 0 unspecified atom stereocenters. The van der Waals surface area contributed by atoms with E-state index >= 15 is 0 Å². The van der Waals surface area contributed by atoms with Crippen LogP contribution in [0.15, 0.2) is 18.2 Å². The molecule has 0 aromatic carbocycles. The minimum atomic E-state index is -0.135. The standard InChI is InChI=1S/C13H21NO2/c1-10(2)16-12-7-5-6-11(14-12)8-13(3,4)9-15/h5-7,10,15H,8-9H2,1-4H3. The van der Waals surface area contributed by atoms with Crippen LogP contribution in [0.25, 0.3) is 0 Å². The Labute approximate surface area is 97.5 Å². The average molecular weight is 223 g/mol. The molecule has 3 nitrogen and oxygen atoms in total.